The molecule has 5 heteroatoms. The van der Waals surface area contributed by atoms with Crippen LogP contribution in [0.2, 0.25) is 0 Å². The van der Waals surface area contributed by atoms with Crippen LogP contribution in [0.25, 0.3) is 0 Å². The SMILES string of the molecule is CNC(=O)c1ccc(N)c(Nc2cccc(SC)c2)c1. The second kappa shape index (κ2) is 6.34. The minimum absolute atomic E-state index is 0.133. The summed E-state index contributed by atoms with van der Waals surface area (Å²) in [5.41, 5.74) is 8.80. The van der Waals surface area contributed by atoms with E-state index in [1.165, 1.54) is 0 Å². The summed E-state index contributed by atoms with van der Waals surface area (Å²) in [5, 5.41) is 5.85. The zero-order chi connectivity index (χ0) is 14.5. The van der Waals surface area contributed by atoms with Crippen LogP contribution in [0, 0.1) is 0 Å². The Morgan fingerprint density at radius 2 is 2.00 bits per heavy atom. The topological polar surface area (TPSA) is 67.2 Å². The molecule has 0 saturated heterocycles. The van der Waals surface area contributed by atoms with E-state index in [4.69, 9.17) is 5.73 Å². The predicted molar refractivity (Wildman–Crippen MR) is 85.8 cm³/mol. The Morgan fingerprint density at radius 1 is 1.20 bits per heavy atom. The summed E-state index contributed by atoms with van der Waals surface area (Å²) in [5.74, 6) is -0.133. The lowest BCUT2D eigenvalue weighted by Crippen LogP contribution is -2.17. The van der Waals surface area contributed by atoms with Crippen LogP contribution >= 0.6 is 11.8 Å². The lowest BCUT2D eigenvalue weighted by Gasteiger charge is -2.11. The number of rotatable bonds is 4. The van der Waals surface area contributed by atoms with Crippen molar-refractivity contribution >= 4 is 34.7 Å². The Morgan fingerprint density at radius 3 is 2.70 bits per heavy atom. The van der Waals surface area contributed by atoms with E-state index < -0.39 is 0 Å². The first-order valence-electron chi connectivity index (χ1n) is 6.16. The van der Waals surface area contributed by atoms with E-state index in [1.807, 2.05) is 30.5 Å². The van der Waals surface area contributed by atoms with Gasteiger partial charge in [-0.2, -0.15) is 0 Å². The van der Waals surface area contributed by atoms with Gasteiger partial charge in [0.25, 0.3) is 5.91 Å². The fourth-order valence-electron chi connectivity index (χ4n) is 1.81. The Balaban J connectivity index is 2.30. The monoisotopic (exact) mass is 287 g/mol. The van der Waals surface area contributed by atoms with Gasteiger partial charge in [-0.15, -0.1) is 11.8 Å². The highest BCUT2D eigenvalue weighted by Gasteiger charge is 2.07. The van der Waals surface area contributed by atoms with Gasteiger partial charge in [0.15, 0.2) is 0 Å². The molecule has 0 saturated carbocycles. The van der Waals surface area contributed by atoms with Crippen molar-refractivity contribution in [1.82, 2.24) is 5.32 Å². The fourth-order valence-corrected chi connectivity index (χ4v) is 2.27. The molecule has 0 fully saturated rings. The van der Waals surface area contributed by atoms with Crippen LogP contribution in [0.1, 0.15) is 10.4 Å². The van der Waals surface area contributed by atoms with Gasteiger partial charge >= 0.3 is 0 Å². The Kier molecular flexibility index (Phi) is 4.53. The molecule has 0 atom stereocenters. The van der Waals surface area contributed by atoms with Crippen LogP contribution in [0.15, 0.2) is 47.4 Å². The summed E-state index contributed by atoms with van der Waals surface area (Å²) in [7, 11) is 1.60. The van der Waals surface area contributed by atoms with E-state index in [9.17, 15) is 4.79 Å². The van der Waals surface area contributed by atoms with E-state index in [1.54, 1.807) is 37.0 Å². The molecule has 0 aliphatic heterocycles. The van der Waals surface area contributed by atoms with Crippen molar-refractivity contribution < 1.29 is 4.79 Å². The smallest absolute Gasteiger partial charge is 0.251 e. The highest BCUT2D eigenvalue weighted by atomic mass is 32.2. The first-order chi connectivity index (χ1) is 9.63. The standard InChI is InChI=1S/C15H17N3OS/c1-17-15(19)10-6-7-13(16)14(8-10)18-11-4-3-5-12(9-11)20-2/h3-9,18H,16H2,1-2H3,(H,17,19). The molecule has 0 bridgehead atoms. The van der Waals surface area contributed by atoms with Gasteiger partial charge in [-0.3, -0.25) is 4.79 Å². The van der Waals surface area contributed by atoms with Crippen molar-refractivity contribution in [3.63, 3.8) is 0 Å². The third-order valence-electron chi connectivity index (χ3n) is 2.89. The number of nitrogen functional groups attached to an aromatic ring is 1. The Bertz CT molecular complexity index is 628. The lowest BCUT2D eigenvalue weighted by atomic mass is 10.1. The average Bonchev–Trinajstić information content (AvgIpc) is 2.49. The number of nitrogens with two attached hydrogens (primary N) is 1. The number of benzene rings is 2. The molecule has 0 heterocycles. The minimum Gasteiger partial charge on any atom is -0.397 e. The number of amides is 1. The van der Waals surface area contributed by atoms with Gasteiger partial charge in [-0.05, 0) is 42.7 Å². The quantitative estimate of drug-likeness (QED) is 0.597. The van der Waals surface area contributed by atoms with Gasteiger partial charge in [0.2, 0.25) is 0 Å². The van der Waals surface area contributed by atoms with Gasteiger partial charge in [-0.25, -0.2) is 0 Å². The van der Waals surface area contributed by atoms with Gasteiger partial charge in [0.1, 0.15) is 0 Å². The molecule has 1 amide bonds. The van der Waals surface area contributed by atoms with Crippen LogP contribution < -0.4 is 16.4 Å². The van der Waals surface area contributed by atoms with Crippen molar-refractivity contribution in [3.05, 3.63) is 48.0 Å². The van der Waals surface area contributed by atoms with E-state index in [2.05, 4.69) is 10.6 Å². The van der Waals surface area contributed by atoms with Crippen molar-refractivity contribution in [1.29, 1.82) is 0 Å². The second-order valence-electron chi connectivity index (χ2n) is 4.24. The van der Waals surface area contributed by atoms with Gasteiger partial charge in [-0.1, -0.05) is 6.07 Å². The zero-order valence-corrected chi connectivity index (χ0v) is 12.3. The maximum absolute atomic E-state index is 11.6. The largest absolute Gasteiger partial charge is 0.397 e. The molecule has 4 N–H and O–H groups in total. The number of nitrogens with one attached hydrogen (secondary N) is 2. The molecule has 4 nitrogen and oxygen atoms in total. The molecule has 104 valence electrons. The van der Waals surface area contributed by atoms with Gasteiger partial charge < -0.3 is 16.4 Å². The van der Waals surface area contributed by atoms with Crippen molar-refractivity contribution in [2.75, 3.05) is 24.4 Å². The molecule has 0 aliphatic carbocycles. The van der Waals surface area contributed by atoms with Crippen molar-refractivity contribution in [2.24, 2.45) is 0 Å². The van der Waals surface area contributed by atoms with Crippen molar-refractivity contribution in [3.8, 4) is 0 Å². The molecule has 0 aliphatic rings. The number of thioether (sulfide) groups is 1. The van der Waals surface area contributed by atoms with E-state index in [0.29, 0.717) is 11.3 Å². The van der Waals surface area contributed by atoms with Gasteiger partial charge in [0.05, 0.1) is 11.4 Å². The summed E-state index contributed by atoms with van der Waals surface area (Å²) in [6.45, 7) is 0. The van der Waals surface area contributed by atoms with Crippen LogP contribution in [0.3, 0.4) is 0 Å². The molecule has 0 aromatic heterocycles. The zero-order valence-electron chi connectivity index (χ0n) is 11.4. The summed E-state index contributed by atoms with van der Waals surface area (Å²) in [6, 6.07) is 13.2. The van der Waals surface area contributed by atoms with Crippen LogP contribution in [-0.2, 0) is 0 Å². The first kappa shape index (κ1) is 14.3. The molecular weight excluding hydrogens is 270 g/mol. The third-order valence-corrected chi connectivity index (χ3v) is 3.62. The highest BCUT2D eigenvalue weighted by Crippen LogP contribution is 2.26. The normalized spacial score (nSPS) is 10.1. The number of carbonyl (C=O) groups excluding carboxylic acids is 1. The fraction of sp³-hybridized carbons (Fsp3) is 0.133. The van der Waals surface area contributed by atoms with Crippen LogP contribution in [0.4, 0.5) is 17.1 Å². The average molecular weight is 287 g/mol. The third kappa shape index (κ3) is 3.24. The molecule has 0 radical (unpaired) electrons. The molecule has 0 spiro atoms. The molecule has 0 unspecified atom stereocenters. The molecule has 2 rings (SSSR count). The molecule has 20 heavy (non-hydrogen) atoms. The summed E-state index contributed by atoms with van der Waals surface area (Å²) >= 11 is 1.67. The van der Waals surface area contributed by atoms with Crippen LogP contribution in [0.5, 0.6) is 0 Å². The van der Waals surface area contributed by atoms with Crippen LogP contribution in [-0.4, -0.2) is 19.2 Å². The minimum atomic E-state index is -0.133. The molecule has 2 aromatic carbocycles. The Hall–Kier alpha value is -2.14. The van der Waals surface area contributed by atoms with E-state index >= 15 is 0 Å². The Labute approximate surface area is 122 Å². The summed E-state index contributed by atoms with van der Waals surface area (Å²) < 4.78 is 0. The van der Waals surface area contributed by atoms with E-state index in [-0.39, 0.29) is 5.91 Å². The second-order valence-corrected chi connectivity index (χ2v) is 5.12. The summed E-state index contributed by atoms with van der Waals surface area (Å²) in [4.78, 5) is 12.8. The predicted octanol–water partition coefficient (Wildman–Crippen LogP) is 3.09. The van der Waals surface area contributed by atoms with E-state index in [0.717, 1.165) is 16.3 Å². The van der Waals surface area contributed by atoms with Gasteiger partial charge in [0, 0.05) is 23.2 Å². The van der Waals surface area contributed by atoms with Crippen molar-refractivity contribution in [2.45, 2.75) is 4.90 Å². The summed E-state index contributed by atoms with van der Waals surface area (Å²) in [6.07, 6.45) is 2.03. The number of hydrogen-bond donors (Lipinski definition) is 3. The maximum Gasteiger partial charge on any atom is 0.251 e. The first-order valence-corrected chi connectivity index (χ1v) is 7.39. The maximum atomic E-state index is 11.6. The number of anilines is 3. The highest BCUT2D eigenvalue weighted by molar-refractivity contribution is 7.98. The molecule has 2 aromatic rings. The number of hydrogen-bond acceptors (Lipinski definition) is 4. The lowest BCUT2D eigenvalue weighted by molar-refractivity contribution is 0.0963. The molecular formula is C15H17N3OS. The number of carbonyl (C=O) groups is 1.